The maximum absolute atomic E-state index is 12.2. The molecule has 1 rings (SSSR count). The number of alkyl halides is 6. The molecule has 0 fully saturated rings. The summed E-state index contributed by atoms with van der Waals surface area (Å²) < 4.78 is 72.0. The van der Waals surface area contributed by atoms with Crippen LogP contribution in [0.25, 0.3) is 6.08 Å². The van der Waals surface area contributed by atoms with Crippen molar-refractivity contribution in [3.05, 3.63) is 41.5 Å². The molecule has 1 aromatic rings. The van der Waals surface area contributed by atoms with Crippen LogP contribution >= 0.6 is 0 Å². The Labute approximate surface area is 97.7 Å². The van der Waals surface area contributed by atoms with Crippen molar-refractivity contribution in [1.82, 2.24) is 0 Å². The predicted octanol–water partition coefficient (Wildman–Crippen LogP) is 3.85. The topological polar surface area (TPSA) is 17.1 Å². The molecule has 0 unspecified atom stereocenters. The van der Waals surface area contributed by atoms with Crippen molar-refractivity contribution in [2.24, 2.45) is 0 Å². The van der Waals surface area contributed by atoms with Crippen LogP contribution in [0.15, 0.2) is 30.3 Å². The summed E-state index contributed by atoms with van der Waals surface area (Å²) in [6.07, 6.45) is -8.43. The summed E-state index contributed by atoms with van der Waals surface area (Å²) in [7, 11) is 0. The first-order valence-electron chi connectivity index (χ1n) is 4.57. The molecule has 0 aliphatic rings. The smallest absolute Gasteiger partial charge is 0.285 e. The van der Waals surface area contributed by atoms with Crippen molar-refractivity contribution in [1.29, 1.82) is 0 Å². The minimum Gasteiger partial charge on any atom is -0.285 e. The molecule has 0 radical (unpaired) electrons. The lowest BCUT2D eigenvalue weighted by atomic mass is 10.1. The summed E-state index contributed by atoms with van der Waals surface area (Å²) in [5, 5.41) is 0. The average Bonchev–Trinajstić information content (AvgIpc) is 2.24. The Morgan fingerprint density at radius 2 is 1.44 bits per heavy atom. The Kier molecular flexibility index (Phi) is 3.83. The third kappa shape index (κ3) is 3.90. The fourth-order valence-electron chi connectivity index (χ4n) is 1.05. The monoisotopic (exact) mass is 268 g/mol. The van der Waals surface area contributed by atoms with Gasteiger partial charge < -0.3 is 0 Å². The molecule has 0 aliphatic carbocycles. The molecule has 0 saturated heterocycles. The van der Waals surface area contributed by atoms with Gasteiger partial charge in [0, 0.05) is 0 Å². The summed E-state index contributed by atoms with van der Waals surface area (Å²) in [4.78, 5) is 10.5. The lowest BCUT2D eigenvalue weighted by Gasteiger charge is -2.05. The zero-order valence-corrected chi connectivity index (χ0v) is 8.64. The fraction of sp³-hybridized carbons (Fsp3) is 0.182. The molecule has 18 heavy (non-hydrogen) atoms. The molecule has 0 bridgehead atoms. The number of rotatable bonds is 2. The van der Waals surface area contributed by atoms with E-state index in [1.807, 2.05) is 0 Å². The van der Waals surface area contributed by atoms with Crippen molar-refractivity contribution in [3.63, 3.8) is 0 Å². The fourth-order valence-corrected chi connectivity index (χ4v) is 1.05. The van der Waals surface area contributed by atoms with Crippen molar-refractivity contribution in [2.45, 2.75) is 12.4 Å². The zero-order valence-electron chi connectivity index (χ0n) is 8.64. The van der Waals surface area contributed by atoms with Gasteiger partial charge >= 0.3 is 12.4 Å². The second-order valence-electron chi connectivity index (χ2n) is 3.32. The third-order valence-corrected chi connectivity index (χ3v) is 1.94. The highest BCUT2D eigenvalue weighted by atomic mass is 19.4. The van der Waals surface area contributed by atoms with E-state index < -0.39 is 23.7 Å². The van der Waals surface area contributed by atoms with Crippen LogP contribution in [0.3, 0.4) is 0 Å². The lowest BCUT2D eigenvalue weighted by Crippen LogP contribution is -2.19. The average molecular weight is 268 g/mol. The van der Waals surface area contributed by atoms with Gasteiger partial charge in [-0.2, -0.15) is 26.3 Å². The predicted molar refractivity (Wildman–Crippen MR) is 51.5 cm³/mol. The van der Waals surface area contributed by atoms with E-state index in [1.165, 1.54) is 0 Å². The maximum atomic E-state index is 12.2. The summed E-state index contributed by atoms with van der Waals surface area (Å²) in [6, 6.07) is 3.39. The molecular weight excluding hydrogens is 262 g/mol. The number of carbonyl (C=O) groups excluding carboxylic acids is 1. The molecule has 0 aliphatic heterocycles. The van der Waals surface area contributed by atoms with E-state index in [-0.39, 0.29) is 11.6 Å². The highest BCUT2D eigenvalue weighted by Gasteiger charge is 2.36. The van der Waals surface area contributed by atoms with Gasteiger partial charge in [-0.1, -0.05) is 18.2 Å². The number of halogens is 6. The third-order valence-electron chi connectivity index (χ3n) is 1.94. The molecule has 0 aromatic heterocycles. The summed E-state index contributed by atoms with van der Waals surface area (Å²) in [6.45, 7) is 0. The van der Waals surface area contributed by atoms with Gasteiger partial charge in [-0.15, -0.1) is 0 Å². The number of hydrogen-bond acceptors (Lipinski definition) is 1. The number of benzene rings is 1. The largest absolute Gasteiger partial charge is 0.454 e. The van der Waals surface area contributed by atoms with Crippen LogP contribution < -0.4 is 0 Å². The van der Waals surface area contributed by atoms with Crippen molar-refractivity contribution in [2.75, 3.05) is 0 Å². The molecule has 1 nitrogen and oxygen atoms in total. The molecule has 1 aromatic carbocycles. The molecule has 0 amide bonds. The molecule has 0 heterocycles. The first-order valence-corrected chi connectivity index (χ1v) is 4.57. The molecule has 7 heteroatoms. The van der Waals surface area contributed by atoms with Crippen LogP contribution in [-0.2, 0) is 11.0 Å². The van der Waals surface area contributed by atoms with E-state index in [1.54, 1.807) is 0 Å². The normalized spacial score (nSPS) is 13.0. The van der Waals surface area contributed by atoms with Gasteiger partial charge in [0.2, 0.25) is 0 Å². The van der Waals surface area contributed by atoms with Gasteiger partial charge in [-0.25, -0.2) is 0 Å². The second-order valence-corrected chi connectivity index (χ2v) is 3.32. The van der Waals surface area contributed by atoms with Crippen LogP contribution in [0.1, 0.15) is 11.1 Å². The quantitative estimate of drug-likeness (QED) is 0.588. The van der Waals surface area contributed by atoms with Crippen molar-refractivity contribution >= 4 is 11.9 Å². The molecule has 0 N–H and O–H groups in total. The Morgan fingerprint density at radius 1 is 0.944 bits per heavy atom. The number of carbonyl (C=O) groups is 1. The summed E-state index contributed by atoms with van der Waals surface area (Å²) >= 11 is 0. The Bertz CT molecular complexity index is 452. The Morgan fingerprint density at radius 3 is 1.83 bits per heavy atom. The minimum atomic E-state index is -4.98. The highest BCUT2D eigenvalue weighted by molar-refractivity contribution is 5.97. The summed E-state index contributed by atoms with van der Waals surface area (Å²) in [5.74, 6) is -2.07. The minimum absolute atomic E-state index is 0.0700. The Hall–Kier alpha value is -1.79. The molecule has 0 saturated carbocycles. The SMILES string of the molecule is O=C(/C=C/c1ccc(C(F)(F)F)cc1)C(F)(F)F. The van der Waals surface area contributed by atoms with Crippen LogP contribution in [0, 0.1) is 0 Å². The highest BCUT2D eigenvalue weighted by Crippen LogP contribution is 2.29. The van der Waals surface area contributed by atoms with Crippen LogP contribution in [0.4, 0.5) is 26.3 Å². The van der Waals surface area contributed by atoms with Gasteiger partial charge in [0.1, 0.15) is 0 Å². The van der Waals surface area contributed by atoms with Crippen LogP contribution in [0.5, 0.6) is 0 Å². The van der Waals surface area contributed by atoms with Crippen molar-refractivity contribution < 1.29 is 31.1 Å². The molecular formula is C11H6F6O. The lowest BCUT2D eigenvalue weighted by molar-refractivity contribution is -0.165. The first-order chi connectivity index (χ1) is 8.10. The van der Waals surface area contributed by atoms with Crippen LogP contribution in [0.2, 0.25) is 0 Å². The van der Waals surface area contributed by atoms with Gasteiger partial charge in [-0.3, -0.25) is 4.79 Å². The van der Waals surface area contributed by atoms with E-state index in [2.05, 4.69) is 0 Å². The molecule has 0 atom stereocenters. The first kappa shape index (κ1) is 14.3. The zero-order chi connectivity index (χ0) is 14.0. The molecule has 0 spiro atoms. The van der Waals surface area contributed by atoms with Gasteiger partial charge in [-0.05, 0) is 23.8 Å². The van der Waals surface area contributed by atoms with Gasteiger partial charge in [0.15, 0.2) is 0 Å². The van der Waals surface area contributed by atoms with E-state index in [4.69, 9.17) is 0 Å². The van der Waals surface area contributed by atoms with E-state index in [0.717, 1.165) is 30.3 Å². The molecule has 98 valence electrons. The van der Waals surface area contributed by atoms with E-state index >= 15 is 0 Å². The van der Waals surface area contributed by atoms with Gasteiger partial charge in [0.05, 0.1) is 5.56 Å². The second kappa shape index (κ2) is 4.83. The Balaban J connectivity index is 2.82. The summed E-state index contributed by atoms with van der Waals surface area (Å²) in [5.41, 5.74) is -0.845. The van der Waals surface area contributed by atoms with Crippen molar-refractivity contribution in [3.8, 4) is 0 Å². The number of hydrogen-bond donors (Lipinski definition) is 0. The van der Waals surface area contributed by atoms with E-state index in [0.29, 0.717) is 0 Å². The number of allylic oxidation sites excluding steroid dienone is 1. The van der Waals surface area contributed by atoms with Gasteiger partial charge in [0.25, 0.3) is 5.78 Å². The van der Waals surface area contributed by atoms with E-state index in [9.17, 15) is 31.1 Å². The number of ketones is 1. The van der Waals surface area contributed by atoms with Crippen LogP contribution in [-0.4, -0.2) is 12.0 Å². The maximum Gasteiger partial charge on any atom is 0.454 e. The standard InChI is InChI=1S/C11H6F6O/c12-10(13,14)8-4-1-7(2-5-8)3-6-9(18)11(15,16)17/h1-6H/b6-3+.